The Kier molecular flexibility index (Phi) is 5.24. The van der Waals surface area contributed by atoms with E-state index in [4.69, 9.17) is 24.2 Å². The maximum atomic E-state index is 5.82. The van der Waals surface area contributed by atoms with Gasteiger partial charge in [-0.15, -0.1) is 11.3 Å². The van der Waals surface area contributed by atoms with Gasteiger partial charge in [-0.1, -0.05) is 25.9 Å². The summed E-state index contributed by atoms with van der Waals surface area (Å²) in [5, 5.41) is 7.33. The van der Waals surface area contributed by atoms with Gasteiger partial charge in [0.15, 0.2) is 0 Å². The van der Waals surface area contributed by atoms with Crippen molar-refractivity contribution in [3.05, 3.63) is 50.7 Å². The van der Waals surface area contributed by atoms with Gasteiger partial charge in [0.05, 0.1) is 34.8 Å². The molecule has 0 amide bonds. The summed E-state index contributed by atoms with van der Waals surface area (Å²) < 4.78 is 11.2. The van der Waals surface area contributed by atoms with Gasteiger partial charge in [0.25, 0.3) is 0 Å². The average molecular weight is 476 g/mol. The summed E-state index contributed by atoms with van der Waals surface area (Å²) in [5.74, 6) is 2.27. The van der Waals surface area contributed by atoms with Crippen LogP contribution in [0.1, 0.15) is 59.3 Å². The number of H-pyrrole nitrogens is 1. The highest BCUT2D eigenvalue weighted by atomic mass is 32.1. The van der Waals surface area contributed by atoms with Crippen molar-refractivity contribution >= 4 is 33.3 Å². The molecule has 0 fully saturated rings. The van der Waals surface area contributed by atoms with Crippen LogP contribution >= 0.6 is 11.3 Å². The van der Waals surface area contributed by atoms with E-state index in [0.717, 1.165) is 72.5 Å². The molecule has 0 aliphatic heterocycles. The molecule has 0 saturated heterocycles. The predicted octanol–water partition coefficient (Wildman–Crippen LogP) is 6.35. The summed E-state index contributed by atoms with van der Waals surface area (Å²) in [6, 6.07) is 4.16. The third-order valence-corrected chi connectivity index (χ3v) is 7.71. The molecule has 0 saturated carbocycles. The van der Waals surface area contributed by atoms with Crippen molar-refractivity contribution < 1.29 is 9.26 Å². The fraction of sp³-hybridized carbons (Fsp3) is 0.385. The number of fused-ring (bicyclic) bond motifs is 3. The zero-order chi connectivity index (χ0) is 24.4. The summed E-state index contributed by atoms with van der Waals surface area (Å²) in [7, 11) is 1.69. The Morgan fingerprint density at radius 1 is 1.03 bits per heavy atom. The number of rotatable bonds is 4. The fourth-order valence-electron chi connectivity index (χ4n) is 4.45. The highest BCUT2D eigenvalue weighted by molar-refractivity contribution is 7.11. The van der Waals surface area contributed by atoms with Crippen LogP contribution < -0.4 is 4.74 Å². The Balaban J connectivity index is 1.72. The van der Waals surface area contributed by atoms with Gasteiger partial charge in [-0.25, -0.2) is 15.0 Å². The van der Waals surface area contributed by atoms with Gasteiger partial charge >= 0.3 is 0 Å². The van der Waals surface area contributed by atoms with Crippen molar-refractivity contribution in [2.45, 2.75) is 60.3 Å². The van der Waals surface area contributed by atoms with Crippen LogP contribution in [0.25, 0.3) is 33.1 Å². The molecule has 0 bridgehead atoms. The second-order valence-electron chi connectivity index (χ2n) is 9.82. The highest BCUT2D eigenvalue weighted by Crippen LogP contribution is 2.40. The molecule has 7 nitrogen and oxygen atoms in total. The average Bonchev–Trinajstić information content (AvgIpc) is 3.41. The Labute approximate surface area is 202 Å². The van der Waals surface area contributed by atoms with Crippen LogP contribution in [0.3, 0.4) is 0 Å². The number of ether oxygens (including phenoxy) is 1. The number of methoxy groups -OCH3 is 1. The Hall–Kier alpha value is -3.26. The summed E-state index contributed by atoms with van der Waals surface area (Å²) in [4.78, 5) is 19.2. The van der Waals surface area contributed by atoms with Crippen molar-refractivity contribution in [2.24, 2.45) is 0 Å². The van der Waals surface area contributed by atoms with Crippen LogP contribution in [0.2, 0.25) is 0 Å². The minimum Gasteiger partial charge on any atom is -0.496 e. The smallest absolute Gasteiger partial charge is 0.142 e. The largest absolute Gasteiger partial charge is 0.496 e. The third kappa shape index (κ3) is 3.66. The molecule has 5 aromatic rings. The number of hydrogen-bond acceptors (Lipinski definition) is 7. The van der Waals surface area contributed by atoms with Crippen LogP contribution in [0.5, 0.6) is 5.75 Å². The molecule has 0 spiro atoms. The van der Waals surface area contributed by atoms with Gasteiger partial charge in [-0.3, -0.25) is 0 Å². The molecular formula is C26H29N5O2S. The molecular weight excluding hydrogens is 446 g/mol. The molecule has 5 rings (SSSR count). The highest BCUT2D eigenvalue weighted by Gasteiger charge is 2.23. The first kappa shape index (κ1) is 22.5. The molecule has 4 aromatic heterocycles. The van der Waals surface area contributed by atoms with E-state index >= 15 is 0 Å². The lowest BCUT2D eigenvalue weighted by atomic mass is 9.98. The van der Waals surface area contributed by atoms with E-state index in [-0.39, 0.29) is 5.41 Å². The Bertz CT molecular complexity index is 1530. The second-order valence-corrected chi connectivity index (χ2v) is 10.9. The van der Waals surface area contributed by atoms with E-state index < -0.39 is 0 Å². The zero-order valence-corrected chi connectivity index (χ0v) is 21.7. The van der Waals surface area contributed by atoms with Gasteiger partial charge in [0.1, 0.15) is 23.0 Å². The normalized spacial score (nSPS) is 12.2. The number of nitrogens with one attached hydrogen (secondary N) is 1. The van der Waals surface area contributed by atoms with E-state index in [1.807, 2.05) is 20.8 Å². The van der Waals surface area contributed by atoms with Crippen LogP contribution in [-0.2, 0) is 11.8 Å². The third-order valence-electron chi connectivity index (χ3n) is 6.12. The Morgan fingerprint density at radius 3 is 2.41 bits per heavy atom. The standard InChI is InChI=1S/C26H29N5O2S/c1-12-21(34-25(27-12)26(5,6)7)11-19-23-16-10-20(32-8)17(22-13(2)31-33-14(22)3)9-18(16)30-24(23)29-15(4)28-19/h9-10H,11H2,1-8H3,(H,28,29,30). The van der Waals surface area contributed by atoms with Crippen LogP contribution in [0, 0.1) is 27.7 Å². The fourth-order valence-corrected chi connectivity index (χ4v) is 5.57. The minimum atomic E-state index is 0.0212. The van der Waals surface area contributed by atoms with Crippen LogP contribution in [-0.4, -0.2) is 32.2 Å². The van der Waals surface area contributed by atoms with Crippen LogP contribution in [0.15, 0.2) is 16.7 Å². The maximum Gasteiger partial charge on any atom is 0.142 e. The molecule has 1 aromatic carbocycles. The molecule has 0 aliphatic carbocycles. The maximum absolute atomic E-state index is 5.82. The molecule has 0 aliphatic rings. The summed E-state index contributed by atoms with van der Waals surface area (Å²) in [6.45, 7) is 14.5. The first-order chi connectivity index (χ1) is 16.1. The van der Waals surface area contributed by atoms with Crippen molar-refractivity contribution in [3.8, 4) is 16.9 Å². The van der Waals surface area contributed by atoms with E-state index in [9.17, 15) is 0 Å². The minimum absolute atomic E-state index is 0.0212. The lowest BCUT2D eigenvalue weighted by molar-refractivity contribution is 0.393. The molecule has 176 valence electrons. The second kappa shape index (κ2) is 7.91. The van der Waals surface area contributed by atoms with Crippen LogP contribution in [0.4, 0.5) is 0 Å². The molecule has 0 radical (unpaired) electrons. The van der Waals surface area contributed by atoms with E-state index in [0.29, 0.717) is 6.42 Å². The summed E-state index contributed by atoms with van der Waals surface area (Å²) >= 11 is 1.77. The van der Waals surface area contributed by atoms with Crippen molar-refractivity contribution in [2.75, 3.05) is 7.11 Å². The topological polar surface area (TPSA) is 89.7 Å². The monoisotopic (exact) mass is 475 g/mol. The van der Waals surface area contributed by atoms with Crippen molar-refractivity contribution in [3.63, 3.8) is 0 Å². The van der Waals surface area contributed by atoms with Crippen molar-refractivity contribution in [1.29, 1.82) is 0 Å². The van der Waals surface area contributed by atoms with Gasteiger partial charge in [-0.2, -0.15) is 0 Å². The Morgan fingerprint density at radius 2 is 1.79 bits per heavy atom. The number of benzene rings is 1. The molecule has 0 atom stereocenters. The first-order valence-corrected chi connectivity index (χ1v) is 12.2. The number of thiazole rings is 1. The quantitative estimate of drug-likeness (QED) is 0.326. The lowest BCUT2D eigenvalue weighted by Gasteiger charge is -2.13. The van der Waals surface area contributed by atoms with Gasteiger partial charge < -0.3 is 14.2 Å². The first-order valence-electron chi connectivity index (χ1n) is 11.3. The van der Waals surface area contributed by atoms with E-state index in [1.54, 1.807) is 18.4 Å². The van der Waals surface area contributed by atoms with Gasteiger partial charge in [-0.05, 0) is 39.8 Å². The zero-order valence-electron chi connectivity index (χ0n) is 20.9. The molecule has 1 N–H and O–H groups in total. The van der Waals surface area contributed by atoms with Gasteiger partial charge in [0, 0.05) is 38.6 Å². The molecule has 34 heavy (non-hydrogen) atoms. The summed E-state index contributed by atoms with van der Waals surface area (Å²) in [5.41, 5.74) is 6.61. The number of hydrogen-bond donors (Lipinski definition) is 1. The van der Waals surface area contributed by atoms with E-state index in [1.165, 1.54) is 4.88 Å². The molecule has 8 heteroatoms. The van der Waals surface area contributed by atoms with Gasteiger partial charge in [0.2, 0.25) is 0 Å². The molecule has 0 unspecified atom stereocenters. The van der Waals surface area contributed by atoms with Crippen molar-refractivity contribution in [1.82, 2.24) is 25.1 Å². The number of aromatic nitrogens is 5. The number of aromatic amines is 1. The lowest BCUT2D eigenvalue weighted by Crippen LogP contribution is -2.10. The number of nitrogens with zero attached hydrogens (tertiary/aromatic N) is 4. The SMILES string of the molecule is COc1cc2c(cc1-c1c(C)noc1C)[nH]c1nc(C)nc(Cc3sc(C(C)(C)C)nc3C)c12. The molecule has 4 heterocycles. The predicted molar refractivity (Wildman–Crippen MR) is 136 cm³/mol. The van der Waals surface area contributed by atoms with E-state index in [2.05, 4.69) is 50.0 Å². The number of aryl methyl sites for hydroxylation is 4. The summed E-state index contributed by atoms with van der Waals surface area (Å²) in [6.07, 6.45) is 0.709.